The van der Waals surface area contributed by atoms with Gasteiger partial charge in [-0.15, -0.1) is 0 Å². The lowest BCUT2D eigenvalue weighted by molar-refractivity contribution is -0.118. The molecule has 0 unspecified atom stereocenters. The fourth-order valence-corrected chi connectivity index (χ4v) is 3.59. The number of halogens is 3. The molecular formula is C22H17ClFIN4O4. The number of pyridine rings is 1. The number of hydrazone groups is 1. The highest BCUT2D eigenvalue weighted by Crippen LogP contribution is 2.33. The second kappa shape index (κ2) is 11.6. The van der Waals surface area contributed by atoms with E-state index in [2.05, 4.69) is 20.8 Å². The molecule has 33 heavy (non-hydrogen) atoms. The van der Waals surface area contributed by atoms with E-state index in [4.69, 9.17) is 21.1 Å². The lowest BCUT2D eigenvalue weighted by atomic mass is 10.2. The molecule has 0 spiro atoms. The van der Waals surface area contributed by atoms with Crippen LogP contribution in [0.2, 0.25) is 5.15 Å². The summed E-state index contributed by atoms with van der Waals surface area (Å²) in [7, 11) is 1.46. The van der Waals surface area contributed by atoms with Crippen LogP contribution in [0.3, 0.4) is 0 Å². The van der Waals surface area contributed by atoms with Gasteiger partial charge in [0.1, 0.15) is 11.0 Å². The SMILES string of the molecule is COc1cc(C=NNC(=O)c2cccnc2Cl)cc(I)c1OCC(=O)Nc1ccc(F)cc1. The van der Waals surface area contributed by atoms with Crippen molar-refractivity contribution in [1.29, 1.82) is 0 Å². The minimum Gasteiger partial charge on any atom is -0.493 e. The summed E-state index contributed by atoms with van der Waals surface area (Å²) in [6, 6.07) is 11.9. The Bertz CT molecular complexity index is 1190. The molecule has 0 atom stereocenters. The number of carbonyl (C=O) groups excluding carboxylic acids is 2. The van der Waals surface area contributed by atoms with Crippen LogP contribution in [-0.4, -0.2) is 36.7 Å². The van der Waals surface area contributed by atoms with Crippen LogP contribution in [0.25, 0.3) is 0 Å². The quantitative estimate of drug-likeness (QED) is 0.179. The van der Waals surface area contributed by atoms with Crippen molar-refractivity contribution in [3.63, 3.8) is 0 Å². The smallest absolute Gasteiger partial charge is 0.274 e. The first-order chi connectivity index (χ1) is 15.9. The zero-order chi connectivity index (χ0) is 23.8. The molecule has 8 nitrogen and oxygen atoms in total. The van der Waals surface area contributed by atoms with Crippen molar-refractivity contribution >= 4 is 57.9 Å². The Morgan fingerprint density at radius 3 is 2.70 bits per heavy atom. The van der Waals surface area contributed by atoms with Crippen LogP contribution in [0.15, 0.2) is 59.8 Å². The van der Waals surface area contributed by atoms with E-state index in [1.165, 1.54) is 49.9 Å². The monoisotopic (exact) mass is 582 g/mol. The molecule has 2 N–H and O–H groups in total. The highest BCUT2D eigenvalue weighted by molar-refractivity contribution is 14.1. The fraction of sp³-hybridized carbons (Fsp3) is 0.0909. The van der Waals surface area contributed by atoms with Crippen LogP contribution in [-0.2, 0) is 4.79 Å². The third-order valence-corrected chi connectivity index (χ3v) is 5.21. The van der Waals surface area contributed by atoms with Gasteiger partial charge in [0.15, 0.2) is 18.1 Å². The van der Waals surface area contributed by atoms with Gasteiger partial charge in [0.25, 0.3) is 11.8 Å². The molecule has 0 bridgehead atoms. The summed E-state index contributed by atoms with van der Waals surface area (Å²) in [6.45, 7) is -0.279. The summed E-state index contributed by atoms with van der Waals surface area (Å²) in [4.78, 5) is 28.1. The second-order valence-corrected chi connectivity index (χ2v) is 7.94. The predicted molar refractivity (Wildman–Crippen MR) is 131 cm³/mol. The summed E-state index contributed by atoms with van der Waals surface area (Å²) in [6.07, 6.45) is 2.91. The first-order valence-electron chi connectivity index (χ1n) is 9.37. The van der Waals surface area contributed by atoms with Gasteiger partial charge in [-0.2, -0.15) is 5.10 Å². The van der Waals surface area contributed by atoms with Gasteiger partial charge in [-0.05, 0) is 76.7 Å². The lowest BCUT2D eigenvalue weighted by Gasteiger charge is -2.13. The number of rotatable bonds is 8. The van der Waals surface area contributed by atoms with E-state index in [0.29, 0.717) is 26.3 Å². The standard InChI is InChI=1S/C22H17ClFIN4O4/c1-32-18-10-13(11-27-29-22(31)16-3-2-8-26-21(16)23)9-17(25)20(18)33-12-19(30)28-15-6-4-14(24)5-7-15/h2-11H,12H2,1H3,(H,28,30)(H,29,31). The van der Waals surface area contributed by atoms with Crippen LogP contribution >= 0.6 is 34.2 Å². The van der Waals surface area contributed by atoms with Crippen LogP contribution in [0.1, 0.15) is 15.9 Å². The van der Waals surface area contributed by atoms with Gasteiger partial charge in [-0.1, -0.05) is 11.6 Å². The number of aromatic nitrogens is 1. The minimum atomic E-state index is -0.502. The zero-order valence-electron chi connectivity index (χ0n) is 17.1. The third-order valence-electron chi connectivity index (χ3n) is 4.11. The van der Waals surface area contributed by atoms with Crippen molar-refractivity contribution in [2.75, 3.05) is 19.0 Å². The number of amides is 2. The van der Waals surface area contributed by atoms with Gasteiger partial charge < -0.3 is 14.8 Å². The molecule has 0 aliphatic heterocycles. The van der Waals surface area contributed by atoms with Crippen molar-refractivity contribution in [1.82, 2.24) is 10.4 Å². The summed E-state index contributed by atoms with van der Waals surface area (Å²) < 4.78 is 24.6. The first-order valence-corrected chi connectivity index (χ1v) is 10.8. The van der Waals surface area contributed by atoms with Gasteiger partial charge in [0.2, 0.25) is 0 Å². The van der Waals surface area contributed by atoms with E-state index >= 15 is 0 Å². The fourth-order valence-electron chi connectivity index (χ4n) is 2.60. The summed E-state index contributed by atoms with van der Waals surface area (Å²) in [5.74, 6) is -0.567. The maximum absolute atomic E-state index is 13.0. The van der Waals surface area contributed by atoms with Crippen molar-refractivity contribution in [3.05, 3.63) is 80.4 Å². The number of nitrogens with zero attached hydrogens (tertiary/aromatic N) is 2. The van der Waals surface area contributed by atoms with Gasteiger partial charge in [-0.25, -0.2) is 14.8 Å². The van der Waals surface area contributed by atoms with Gasteiger partial charge in [0, 0.05) is 11.9 Å². The highest BCUT2D eigenvalue weighted by Gasteiger charge is 2.14. The number of nitrogens with one attached hydrogen (secondary N) is 2. The Labute approximate surface area is 207 Å². The molecule has 0 aliphatic carbocycles. The van der Waals surface area contributed by atoms with Crippen molar-refractivity contribution in [2.24, 2.45) is 5.10 Å². The number of anilines is 1. The average Bonchev–Trinajstić information content (AvgIpc) is 2.79. The first kappa shape index (κ1) is 24.4. The van der Waals surface area contributed by atoms with E-state index in [1.54, 1.807) is 18.2 Å². The number of hydrogen-bond donors (Lipinski definition) is 2. The number of ether oxygens (including phenoxy) is 2. The highest BCUT2D eigenvalue weighted by atomic mass is 127. The molecule has 2 amide bonds. The molecule has 0 saturated carbocycles. The van der Waals surface area contributed by atoms with Crippen LogP contribution in [0.5, 0.6) is 11.5 Å². The Hall–Kier alpha value is -3.25. The number of benzene rings is 2. The molecule has 0 aliphatic rings. The third kappa shape index (κ3) is 6.86. The molecule has 0 fully saturated rings. The van der Waals surface area contributed by atoms with E-state index in [-0.39, 0.29) is 17.3 Å². The molecule has 1 heterocycles. The number of hydrogen-bond acceptors (Lipinski definition) is 6. The topological polar surface area (TPSA) is 102 Å². The molecule has 2 aromatic carbocycles. The van der Waals surface area contributed by atoms with Gasteiger partial charge >= 0.3 is 0 Å². The summed E-state index contributed by atoms with van der Waals surface area (Å²) >= 11 is 7.93. The minimum absolute atomic E-state index is 0.0754. The largest absolute Gasteiger partial charge is 0.493 e. The predicted octanol–water partition coefficient (Wildman–Crippen LogP) is 4.27. The molecule has 0 saturated heterocycles. The Morgan fingerprint density at radius 1 is 1.24 bits per heavy atom. The summed E-state index contributed by atoms with van der Waals surface area (Å²) in [5, 5.41) is 6.62. The molecule has 11 heteroatoms. The molecule has 0 radical (unpaired) electrons. The van der Waals surface area contributed by atoms with Gasteiger partial charge in [-0.3, -0.25) is 9.59 Å². The molecule has 170 valence electrons. The zero-order valence-corrected chi connectivity index (χ0v) is 20.1. The Morgan fingerprint density at radius 2 is 2.00 bits per heavy atom. The van der Waals surface area contributed by atoms with E-state index in [0.717, 1.165) is 0 Å². The van der Waals surface area contributed by atoms with E-state index in [9.17, 15) is 14.0 Å². The number of carbonyl (C=O) groups is 2. The van der Waals surface area contributed by atoms with E-state index in [1.807, 2.05) is 22.6 Å². The maximum atomic E-state index is 13.0. The molecular weight excluding hydrogens is 566 g/mol. The van der Waals surface area contributed by atoms with E-state index < -0.39 is 17.6 Å². The Kier molecular flexibility index (Phi) is 8.55. The van der Waals surface area contributed by atoms with Gasteiger partial charge in [0.05, 0.1) is 22.5 Å². The average molecular weight is 583 g/mol. The van der Waals surface area contributed by atoms with Crippen LogP contribution in [0.4, 0.5) is 10.1 Å². The molecule has 3 aromatic rings. The lowest BCUT2D eigenvalue weighted by Crippen LogP contribution is -2.20. The maximum Gasteiger partial charge on any atom is 0.274 e. The normalized spacial score (nSPS) is 10.7. The van der Waals surface area contributed by atoms with Crippen molar-refractivity contribution in [3.8, 4) is 11.5 Å². The van der Waals surface area contributed by atoms with Crippen LogP contribution < -0.4 is 20.2 Å². The Balaban J connectivity index is 1.63. The second-order valence-electron chi connectivity index (χ2n) is 6.42. The molecule has 3 rings (SSSR count). The van der Waals surface area contributed by atoms with Crippen LogP contribution in [0, 0.1) is 9.39 Å². The van der Waals surface area contributed by atoms with Crippen molar-refractivity contribution in [2.45, 2.75) is 0 Å². The number of methoxy groups -OCH3 is 1. The van der Waals surface area contributed by atoms with Crippen molar-refractivity contribution < 1.29 is 23.5 Å². The molecule has 1 aromatic heterocycles. The summed E-state index contributed by atoms with van der Waals surface area (Å²) in [5.41, 5.74) is 3.66.